The van der Waals surface area contributed by atoms with Crippen molar-refractivity contribution in [2.45, 2.75) is 117 Å². The number of carbonyl (C=O) groups is 1. The topological polar surface area (TPSA) is 116 Å². The number of nitrogens with zero attached hydrogens (tertiary/aromatic N) is 1. The Kier molecular flexibility index (Phi) is 8.90. The maximum Gasteiger partial charge on any atom is 0.421 e. The smallest absolute Gasteiger partial charge is 0.421 e. The zero-order chi connectivity index (χ0) is 28.9. The molecule has 0 aromatic heterocycles. The summed E-state index contributed by atoms with van der Waals surface area (Å²) in [6, 6.07) is 0. The van der Waals surface area contributed by atoms with E-state index in [4.69, 9.17) is 4.74 Å². The number of ether oxygens (including phenoxy) is 1. The number of amides is 1. The lowest BCUT2D eigenvalue weighted by Gasteiger charge is -2.64. The molecule has 1 heterocycles. The van der Waals surface area contributed by atoms with Gasteiger partial charge < -0.3 is 14.9 Å². The minimum Gasteiger partial charge on any atom is -0.449 e. The van der Waals surface area contributed by atoms with Crippen LogP contribution in [-0.2, 0) is 14.9 Å². The van der Waals surface area contributed by atoms with Crippen LogP contribution in [0, 0.1) is 52.3 Å². The molecule has 1 saturated heterocycles. The summed E-state index contributed by atoms with van der Waals surface area (Å²) in [5, 5.41) is 22.4. The molecule has 1 amide bonds. The fourth-order valence-electron chi connectivity index (χ4n) is 10.8. The van der Waals surface area contributed by atoms with E-state index in [2.05, 4.69) is 32.4 Å². The number of nitrogens with one attached hydrogen (secondary N) is 1. The van der Waals surface area contributed by atoms with Crippen molar-refractivity contribution in [3.05, 3.63) is 0 Å². The van der Waals surface area contributed by atoms with E-state index in [9.17, 15) is 23.4 Å². The first kappa shape index (κ1) is 30.6. The maximum absolute atomic E-state index is 12.5. The number of hydrogen-bond donors (Lipinski definition) is 3. The summed E-state index contributed by atoms with van der Waals surface area (Å²) in [7, 11) is -3.84. The molecular formula is C31H54N2O6S. The Morgan fingerprint density at radius 2 is 1.68 bits per heavy atom. The molecule has 9 heteroatoms. The number of aliphatic hydroxyl groups is 2. The molecule has 5 rings (SSSR count). The van der Waals surface area contributed by atoms with Gasteiger partial charge in [0.15, 0.2) is 0 Å². The van der Waals surface area contributed by atoms with Gasteiger partial charge in [0.2, 0.25) is 0 Å². The highest BCUT2D eigenvalue weighted by molar-refractivity contribution is 7.87. The summed E-state index contributed by atoms with van der Waals surface area (Å²) < 4.78 is 33.8. The highest BCUT2D eigenvalue weighted by Gasteiger charge is 2.64. The molecule has 0 radical (unpaired) electrons. The Hall–Kier alpha value is -0.900. The lowest BCUT2D eigenvalue weighted by molar-refractivity contribution is -0.203. The summed E-state index contributed by atoms with van der Waals surface area (Å²) in [5.74, 6) is 2.82. The van der Waals surface area contributed by atoms with Crippen molar-refractivity contribution < 1.29 is 28.2 Å². The normalized spacial score (nSPS) is 44.6. The van der Waals surface area contributed by atoms with Crippen LogP contribution >= 0.6 is 0 Å². The third-order valence-electron chi connectivity index (χ3n) is 12.8. The lowest BCUT2D eigenvalue weighted by atomic mass is 9.41. The molecular weight excluding hydrogens is 528 g/mol. The van der Waals surface area contributed by atoms with Crippen LogP contribution < -0.4 is 4.72 Å². The monoisotopic (exact) mass is 582 g/mol. The molecule has 0 bridgehead atoms. The fraction of sp³-hybridized carbons (Fsp3) is 0.968. The largest absolute Gasteiger partial charge is 0.449 e. The maximum atomic E-state index is 12.5. The molecule has 3 N–H and O–H groups in total. The molecule has 4 aliphatic carbocycles. The molecule has 1 aliphatic heterocycles. The molecule has 4 saturated carbocycles. The second kappa shape index (κ2) is 11.6. The standard InChI is InChI=1S/C31H54N2O6S/c1-5-22-26-19-21(34)11-14-31(26,4)25-12-15-30(3)23(9-10-24(30)27(25)28(22)35)20(2)13-18-39-29(36)32-40(37,38)33-16-7-6-8-17-33/h20-28,34-35H,5-19H2,1-4H3,(H,32,36)/t20-,21-,22-,23-,24+,25+,26+,27+,28-,30-,31-/m1/s1. The first-order valence-electron chi connectivity index (χ1n) is 16.2. The van der Waals surface area contributed by atoms with Crippen LogP contribution in [-0.4, -0.2) is 60.9 Å². The van der Waals surface area contributed by atoms with E-state index in [-0.39, 0.29) is 35.6 Å². The number of carbonyl (C=O) groups excluding carboxylic acids is 1. The van der Waals surface area contributed by atoms with E-state index in [0.717, 1.165) is 70.6 Å². The van der Waals surface area contributed by atoms with E-state index in [0.29, 0.717) is 55.0 Å². The average Bonchev–Trinajstić information content (AvgIpc) is 3.27. The van der Waals surface area contributed by atoms with Crippen molar-refractivity contribution in [3.8, 4) is 0 Å². The van der Waals surface area contributed by atoms with Gasteiger partial charge in [-0.25, -0.2) is 9.52 Å². The Morgan fingerprint density at radius 3 is 2.38 bits per heavy atom. The van der Waals surface area contributed by atoms with Gasteiger partial charge in [0.1, 0.15) is 0 Å². The Bertz CT molecular complexity index is 1020. The zero-order valence-corrected chi connectivity index (χ0v) is 26.0. The number of rotatable bonds is 7. The number of aliphatic hydroxyl groups excluding tert-OH is 2. The Labute approximate surface area is 242 Å². The SMILES string of the molecule is CC[C@H]1[C@@H](O)[C@@H]2[C@H](CC[C@]3(C)[C@@H]([C@H](C)CCOC(=O)NS(=O)(=O)N4CCCCC4)CC[C@@H]23)[C@@]2(C)CC[C@@H](O)C[C@@H]12. The summed E-state index contributed by atoms with van der Waals surface area (Å²) in [6.07, 6.45) is 10.3. The molecule has 0 unspecified atom stereocenters. The summed E-state index contributed by atoms with van der Waals surface area (Å²) in [4.78, 5) is 12.3. The van der Waals surface area contributed by atoms with Gasteiger partial charge in [-0.2, -0.15) is 12.7 Å². The van der Waals surface area contributed by atoms with Crippen LogP contribution in [0.4, 0.5) is 4.79 Å². The third-order valence-corrected chi connectivity index (χ3v) is 14.3. The average molecular weight is 583 g/mol. The first-order chi connectivity index (χ1) is 18.9. The van der Waals surface area contributed by atoms with Crippen molar-refractivity contribution in [1.29, 1.82) is 0 Å². The minimum absolute atomic E-state index is 0.150. The van der Waals surface area contributed by atoms with Gasteiger partial charge in [0, 0.05) is 13.1 Å². The van der Waals surface area contributed by atoms with Crippen molar-refractivity contribution in [2.24, 2.45) is 52.3 Å². The van der Waals surface area contributed by atoms with Crippen molar-refractivity contribution >= 4 is 16.3 Å². The molecule has 11 atom stereocenters. The highest BCUT2D eigenvalue weighted by atomic mass is 32.2. The lowest BCUT2D eigenvalue weighted by Crippen LogP contribution is -2.62. The van der Waals surface area contributed by atoms with E-state index in [1.165, 1.54) is 4.31 Å². The quantitative estimate of drug-likeness (QED) is 0.385. The van der Waals surface area contributed by atoms with Crippen LogP contribution in [0.2, 0.25) is 0 Å². The molecule has 0 aromatic carbocycles. The van der Waals surface area contributed by atoms with E-state index < -0.39 is 16.3 Å². The van der Waals surface area contributed by atoms with Gasteiger partial charge in [0.05, 0.1) is 18.8 Å². The van der Waals surface area contributed by atoms with Crippen LogP contribution in [0.15, 0.2) is 0 Å². The number of hydrogen-bond acceptors (Lipinski definition) is 6. The second-order valence-electron chi connectivity index (χ2n) is 14.6. The van der Waals surface area contributed by atoms with Gasteiger partial charge in [-0.1, -0.05) is 40.5 Å². The molecule has 230 valence electrons. The Balaban J connectivity index is 1.21. The van der Waals surface area contributed by atoms with Gasteiger partial charge in [-0.15, -0.1) is 0 Å². The first-order valence-corrected chi connectivity index (χ1v) is 17.7. The summed E-state index contributed by atoms with van der Waals surface area (Å²) in [6.45, 7) is 10.5. The molecule has 5 aliphatic rings. The molecule has 5 fully saturated rings. The van der Waals surface area contributed by atoms with E-state index in [1.807, 2.05) is 0 Å². The second-order valence-corrected chi connectivity index (χ2v) is 16.3. The minimum atomic E-state index is -3.84. The summed E-state index contributed by atoms with van der Waals surface area (Å²) in [5.41, 5.74) is 0.349. The molecule has 0 aromatic rings. The van der Waals surface area contributed by atoms with Gasteiger partial charge in [-0.3, -0.25) is 0 Å². The van der Waals surface area contributed by atoms with Crippen LogP contribution in [0.25, 0.3) is 0 Å². The van der Waals surface area contributed by atoms with E-state index in [1.54, 1.807) is 0 Å². The molecule has 0 spiro atoms. The highest BCUT2D eigenvalue weighted by Crippen LogP contribution is 2.69. The van der Waals surface area contributed by atoms with Crippen LogP contribution in [0.3, 0.4) is 0 Å². The number of fused-ring (bicyclic) bond motifs is 5. The van der Waals surface area contributed by atoms with Gasteiger partial charge in [-0.05, 0) is 116 Å². The van der Waals surface area contributed by atoms with E-state index >= 15 is 0 Å². The number of piperidine rings is 1. The zero-order valence-electron chi connectivity index (χ0n) is 25.2. The van der Waals surface area contributed by atoms with Crippen LogP contribution in [0.5, 0.6) is 0 Å². The van der Waals surface area contributed by atoms with Crippen molar-refractivity contribution in [3.63, 3.8) is 0 Å². The molecule has 40 heavy (non-hydrogen) atoms. The van der Waals surface area contributed by atoms with Crippen molar-refractivity contribution in [1.82, 2.24) is 9.03 Å². The summed E-state index contributed by atoms with van der Waals surface area (Å²) >= 11 is 0. The predicted octanol–water partition coefficient (Wildman–Crippen LogP) is 5.10. The molecule has 8 nitrogen and oxygen atoms in total. The predicted molar refractivity (Wildman–Crippen MR) is 154 cm³/mol. The van der Waals surface area contributed by atoms with Crippen LogP contribution in [0.1, 0.15) is 105 Å². The van der Waals surface area contributed by atoms with Gasteiger partial charge >= 0.3 is 16.3 Å². The van der Waals surface area contributed by atoms with Crippen molar-refractivity contribution in [2.75, 3.05) is 19.7 Å². The third kappa shape index (κ3) is 5.35. The van der Waals surface area contributed by atoms with Gasteiger partial charge in [0.25, 0.3) is 0 Å². The fourth-order valence-corrected chi connectivity index (χ4v) is 11.9. The Morgan fingerprint density at radius 1 is 1.00 bits per heavy atom.